The smallest absolute Gasteiger partial charge is 0.255 e. The number of fused-ring (bicyclic) bond motifs is 1. The van der Waals surface area contributed by atoms with E-state index in [0.29, 0.717) is 30.5 Å². The van der Waals surface area contributed by atoms with Gasteiger partial charge in [0.25, 0.3) is 5.91 Å². The highest BCUT2D eigenvalue weighted by atomic mass is 35.5. The molecule has 0 radical (unpaired) electrons. The lowest BCUT2D eigenvalue weighted by Gasteiger charge is -2.35. The number of piperazine rings is 1. The van der Waals surface area contributed by atoms with E-state index < -0.39 is 0 Å². The second-order valence-electron chi connectivity index (χ2n) is 6.60. The van der Waals surface area contributed by atoms with Gasteiger partial charge in [0.2, 0.25) is 6.79 Å². The van der Waals surface area contributed by atoms with E-state index in [1.165, 1.54) is 5.56 Å². The fourth-order valence-electron chi connectivity index (χ4n) is 3.37. The van der Waals surface area contributed by atoms with Crippen LogP contribution in [0.2, 0.25) is 5.02 Å². The standard InChI is InChI=1S/C20H21ClN2O3S/c1-27-15-3-4-17(21)16(11-15)20(24)23-8-6-22(7-9-23)12-14-2-5-18-19(10-14)26-13-25-18/h2-5,10-11H,6-9,12-13H2,1H3. The molecule has 0 spiro atoms. The summed E-state index contributed by atoms with van der Waals surface area (Å²) in [5, 5.41) is 0.514. The number of benzene rings is 2. The van der Waals surface area contributed by atoms with E-state index in [0.717, 1.165) is 36.0 Å². The number of hydrogen-bond donors (Lipinski definition) is 0. The summed E-state index contributed by atoms with van der Waals surface area (Å²) >= 11 is 7.87. The maximum atomic E-state index is 12.9. The van der Waals surface area contributed by atoms with Crippen LogP contribution < -0.4 is 9.47 Å². The van der Waals surface area contributed by atoms with Crippen LogP contribution in [0.5, 0.6) is 11.5 Å². The molecule has 2 aliphatic heterocycles. The summed E-state index contributed by atoms with van der Waals surface area (Å²) in [5.41, 5.74) is 1.78. The van der Waals surface area contributed by atoms with Crippen molar-refractivity contribution < 1.29 is 14.3 Å². The fourth-order valence-corrected chi connectivity index (χ4v) is 4.01. The number of carbonyl (C=O) groups is 1. The lowest BCUT2D eigenvalue weighted by atomic mass is 10.1. The molecule has 4 rings (SSSR count). The Morgan fingerprint density at radius 3 is 2.63 bits per heavy atom. The molecular formula is C20H21ClN2O3S. The Balaban J connectivity index is 1.37. The van der Waals surface area contributed by atoms with Crippen LogP contribution in [0.15, 0.2) is 41.3 Å². The molecule has 1 amide bonds. The average molecular weight is 405 g/mol. The van der Waals surface area contributed by atoms with Crippen molar-refractivity contribution in [1.29, 1.82) is 0 Å². The number of halogens is 1. The quantitative estimate of drug-likeness (QED) is 0.726. The molecule has 27 heavy (non-hydrogen) atoms. The van der Waals surface area contributed by atoms with Crippen LogP contribution in [0.25, 0.3) is 0 Å². The monoisotopic (exact) mass is 404 g/mol. The maximum Gasteiger partial charge on any atom is 0.255 e. The van der Waals surface area contributed by atoms with E-state index >= 15 is 0 Å². The predicted octanol–water partition coefficient (Wildman–Crippen LogP) is 3.75. The summed E-state index contributed by atoms with van der Waals surface area (Å²) in [4.78, 5) is 18.1. The van der Waals surface area contributed by atoms with Crippen LogP contribution >= 0.6 is 23.4 Å². The first-order chi connectivity index (χ1) is 13.1. The first kappa shape index (κ1) is 18.5. The topological polar surface area (TPSA) is 42.0 Å². The lowest BCUT2D eigenvalue weighted by molar-refractivity contribution is 0.0628. The summed E-state index contributed by atoms with van der Waals surface area (Å²) in [6.45, 7) is 4.19. The molecule has 2 heterocycles. The highest BCUT2D eigenvalue weighted by molar-refractivity contribution is 7.98. The first-order valence-corrected chi connectivity index (χ1v) is 10.5. The van der Waals surface area contributed by atoms with Gasteiger partial charge in [-0.2, -0.15) is 0 Å². The number of hydrogen-bond acceptors (Lipinski definition) is 5. The van der Waals surface area contributed by atoms with Crippen LogP contribution in [0.3, 0.4) is 0 Å². The van der Waals surface area contributed by atoms with Gasteiger partial charge in [-0.05, 0) is 42.2 Å². The van der Waals surface area contributed by atoms with E-state index in [-0.39, 0.29) is 5.91 Å². The Kier molecular flexibility index (Phi) is 5.48. The zero-order valence-corrected chi connectivity index (χ0v) is 16.7. The van der Waals surface area contributed by atoms with Crippen molar-refractivity contribution in [2.24, 2.45) is 0 Å². The number of amides is 1. The third-order valence-electron chi connectivity index (χ3n) is 4.91. The van der Waals surface area contributed by atoms with Crippen LogP contribution in [0.1, 0.15) is 15.9 Å². The number of nitrogens with zero attached hydrogens (tertiary/aromatic N) is 2. The van der Waals surface area contributed by atoms with Crippen molar-refractivity contribution in [2.45, 2.75) is 11.4 Å². The first-order valence-electron chi connectivity index (χ1n) is 8.88. The average Bonchev–Trinajstić information content (AvgIpc) is 3.16. The van der Waals surface area contributed by atoms with Crippen LogP contribution in [-0.4, -0.2) is 54.9 Å². The van der Waals surface area contributed by atoms with Gasteiger partial charge in [0.15, 0.2) is 11.5 Å². The molecule has 7 heteroatoms. The highest BCUT2D eigenvalue weighted by Crippen LogP contribution is 2.33. The number of ether oxygens (including phenoxy) is 2. The van der Waals surface area contributed by atoms with Gasteiger partial charge in [0.05, 0.1) is 10.6 Å². The Bertz CT molecular complexity index is 853. The summed E-state index contributed by atoms with van der Waals surface area (Å²) in [5.74, 6) is 1.63. The van der Waals surface area contributed by atoms with Crippen molar-refractivity contribution in [1.82, 2.24) is 9.80 Å². The van der Waals surface area contributed by atoms with E-state index in [4.69, 9.17) is 21.1 Å². The second kappa shape index (κ2) is 8.00. The van der Waals surface area contributed by atoms with E-state index in [9.17, 15) is 4.79 Å². The largest absolute Gasteiger partial charge is 0.454 e. The predicted molar refractivity (Wildman–Crippen MR) is 107 cm³/mol. The van der Waals surface area contributed by atoms with Gasteiger partial charge < -0.3 is 14.4 Å². The molecule has 0 N–H and O–H groups in total. The van der Waals surface area contributed by atoms with Crippen molar-refractivity contribution >= 4 is 29.3 Å². The fraction of sp³-hybridized carbons (Fsp3) is 0.350. The number of carbonyl (C=O) groups excluding carboxylic acids is 1. The molecule has 2 aromatic rings. The second-order valence-corrected chi connectivity index (χ2v) is 7.89. The summed E-state index contributed by atoms with van der Waals surface area (Å²) in [7, 11) is 0. The minimum absolute atomic E-state index is 0.0126. The summed E-state index contributed by atoms with van der Waals surface area (Å²) < 4.78 is 10.8. The Morgan fingerprint density at radius 2 is 1.85 bits per heavy atom. The van der Waals surface area contributed by atoms with Gasteiger partial charge in [0.1, 0.15) is 0 Å². The third kappa shape index (κ3) is 4.03. The molecular weight excluding hydrogens is 384 g/mol. The zero-order chi connectivity index (χ0) is 18.8. The van der Waals surface area contributed by atoms with Crippen molar-refractivity contribution in [3.63, 3.8) is 0 Å². The molecule has 2 aromatic carbocycles. The van der Waals surface area contributed by atoms with Gasteiger partial charge in [0, 0.05) is 37.6 Å². The summed E-state index contributed by atoms with van der Waals surface area (Å²) in [6.07, 6.45) is 1.99. The van der Waals surface area contributed by atoms with Crippen LogP contribution in [0, 0.1) is 0 Å². The van der Waals surface area contributed by atoms with Crippen LogP contribution in [-0.2, 0) is 6.54 Å². The zero-order valence-electron chi connectivity index (χ0n) is 15.1. The molecule has 2 aliphatic rings. The molecule has 142 valence electrons. The van der Waals surface area contributed by atoms with Gasteiger partial charge in [-0.15, -0.1) is 11.8 Å². The Morgan fingerprint density at radius 1 is 1.07 bits per heavy atom. The molecule has 1 saturated heterocycles. The van der Waals surface area contributed by atoms with E-state index in [1.807, 2.05) is 35.4 Å². The van der Waals surface area contributed by atoms with Crippen molar-refractivity contribution in [3.8, 4) is 11.5 Å². The molecule has 0 unspecified atom stereocenters. The molecule has 0 aliphatic carbocycles. The molecule has 1 fully saturated rings. The lowest BCUT2D eigenvalue weighted by Crippen LogP contribution is -2.48. The SMILES string of the molecule is CSc1ccc(Cl)c(C(=O)N2CCN(Cc3ccc4c(c3)OCO4)CC2)c1. The van der Waals surface area contributed by atoms with Crippen LogP contribution in [0.4, 0.5) is 0 Å². The van der Waals surface area contributed by atoms with E-state index in [2.05, 4.69) is 11.0 Å². The van der Waals surface area contributed by atoms with Gasteiger partial charge in [-0.3, -0.25) is 9.69 Å². The van der Waals surface area contributed by atoms with Crippen molar-refractivity contribution in [2.75, 3.05) is 39.2 Å². The molecule has 0 aromatic heterocycles. The maximum absolute atomic E-state index is 12.9. The molecule has 0 saturated carbocycles. The molecule has 0 bridgehead atoms. The van der Waals surface area contributed by atoms with E-state index in [1.54, 1.807) is 17.8 Å². The number of rotatable bonds is 4. The molecule has 0 atom stereocenters. The van der Waals surface area contributed by atoms with Gasteiger partial charge in [-0.1, -0.05) is 17.7 Å². The van der Waals surface area contributed by atoms with Crippen molar-refractivity contribution in [3.05, 3.63) is 52.5 Å². The van der Waals surface area contributed by atoms with Gasteiger partial charge in [-0.25, -0.2) is 0 Å². The number of thioether (sulfide) groups is 1. The minimum atomic E-state index is 0.0126. The Hall–Kier alpha value is -1.89. The third-order valence-corrected chi connectivity index (χ3v) is 5.96. The minimum Gasteiger partial charge on any atom is -0.454 e. The van der Waals surface area contributed by atoms with Gasteiger partial charge >= 0.3 is 0 Å². The highest BCUT2D eigenvalue weighted by Gasteiger charge is 2.24. The summed E-state index contributed by atoms with van der Waals surface area (Å²) in [6, 6.07) is 11.7. The Labute approximate surface area is 168 Å². The molecule has 5 nitrogen and oxygen atoms in total. The normalized spacial score (nSPS) is 16.6.